The zero-order valence-corrected chi connectivity index (χ0v) is 13.6. The van der Waals surface area contributed by atoms with E-state index in [9.17, 15) is 4.79 Å². The lowest BCUT2D eigenvalue weighted by Crippen LogP contribution is -2.07. The second kappa shape index (κ2) is 9.06. The average molecular weight is 334 g/mol. The maximum absolute atomic E-state index is 10.5. The number of carboxylic acids is 1. The fourth-order valence-electron chi connectivity index (χ4n) is 2.07. The summed E-state index contributed by atoms with van der Waals surface area (Å²) in [6.07, 6.45) is 1.57. The van der Waals surface area contributed by atoms with Crippen molar-refractivity contribution >= 4 is 23.3 Å². The van der Waals surface area contributed by atoms with Crippen molar-refractivity contribution in [1.82, 2.24) is 0 Å². The number of halogens is 1. The number of ether oxygens (including phenoxy) is 1. The summed E-state index contributed by atoms with van der Waals surface area (Å²) in [5.41, 5.74) is 2.04. The van der Waals surface area contributed by atoms with E-state index in [2.05, 4.69) is 5.32 Å². The molecular weight excluding hydrogens is 314 g/mol. The molecule has 0 atom stereocenters. The number of carbonyl (C=O) groups is 1. The van der Waals surface area contributed by atoms with Crippen LogP contribution >= 0.6 is 11.6 Å². The lowest BCUT2D eigenvalue weighted by molar-refractivity contribution is -0.136. The van der Waals surface area contributed by atoms with Crippen LogP contribution in [-0.2, 0) is 11.2 Å². The van der Waals surface area contributed by atoms with Gasteiger partial charge in [0.1, 0.15) is 5.75 Å². The number of aryl methyl sites for hydroxylation is 1. The molecule has 2 N–H and O–H groups in total. The third-order valence-corrected chi connectivity index (χ3v) is 3.57. The highest BCUT2D eigenvalue weighted by atomic mass is 35.5. The zero-order valence-electron chi connectivity index (χ0n) is 12.8. The van der Waals surface area contributed by atoms with Crippen LogP contribution in [0.5, 0.6) is 5.75 Å². The first-order valence-electron chi connectivity index (χ1n) is 7.56. The van der Waals surface area contributed by atoms with Crippen molar-refractivity contribution in [3.8, 4) is 5.75 Å². The van der Waals surface area contributed by atoms with Gasteiger partial charge in [-0.05, 0) is 54.8 Å². The van der Waals surface area contributed by atoms with E-state index in [4.69, 9.17) is 21.4 Å². The van der Waals surface area contributed by atoms with Crippen molar-refractivity contribution in [2.24, 2.45) is 0 Å². The first-order valence-corrected chi connectivity index (χ1v) is 7.94. The fourth-order valence-corrected chi connectivity index (χ4v) is 2.19. The second-order valence-corrected chi connectivity index (χ2v) is 5.61. The largest absolute Gasteiger partial charge is 0.494 e. The molecule has 0 aliphatic heterocycles. The molecule has 0 heterocycles. The third kappa shape index (κ3) is 6.61. The van der Waals surface area contributed by atoms with Crippen molar-refractivity contribution in [1.29, 1.82) is 0 Å². The van der Waals surface area contributed by atoms with Crippen molar-refractivity contribution in [2.75, 3.05) is 18.5 Å². The van der Waals surface area contributed by atoms with Crippen LogP contribution in [0.15, 0.2) is 48.5 Å². The third-order valence-electron chi connectivity index (χ3n) is 3.31. The van der Waals surface area contributed by atoms with Gasteiger partial charge >= 0.3 is 5.97 Å². The summed E-state index contributed by atoms with van der Waals surface area (Å²) < 4.78 is 5.67. The molecule has 122 valence electrons. The van der Waals surface area contributed by atoms with Crippen LogP contribution in [0.25, 0.3) is 0 Å². The standard InChI is InChI=1S/C18H20ClNO3/c19-15-5-7-16(8-6-15)20-12-1-13-23-17-9-2-14(3-10-17)4-11-18(21)22/h2-3,5-10,20H,1,4,11-13H2,(H,21,22). The van der Waals surface area contributed by atoms with Crippen molar-refractivity contribution in [2.45, 2.75) is 19.3 Å². The monoisotopic (exact) mass is 333 g/mol. The molecule has 0 fully saturated rings. The Kier molecular flexibility index (Phi) is 6.76. The molecular formula is C18H20ClNO3. The number of aliphatic carboxylic acids is 1. The molecule has 0 aliphatic carbocycles. The maximum atomic E-state index is 10.5. The van der Waals surface area contributed by atoms with Gasteiger partial charge < -0.3 is 15.2 Å². The highest BCUT2D eigenvalue weighted by Crippen LogP contribution is 2.15. The first kappa shape index (κ1) is 17.2. The molecule has 2 aromatic rings. The molecule has 2 rings (SSSR count). The van der Waals surface area contributed by atoms with Gasteiger partial charge in [0.25, 0.3) is 0 Å². The van der Waals surface area contributed by atoms with Crippen LogP contribution in [0.2, 0.25) is 5.02 Å². The normalized spacial score (nSPS) is 10.3. The lowest BCUT2D eigenvalue weighted by Gasteiger charge is -2.09. The van der Waals surface area contributed by atoms with Crippen LogP contribution in [0.4, 0.5) is 5.69 Å². The van der Waals surface area contributed by atoms with Crippen molar-refractivity contribution < 1.29 is 14.6 Å². The van der Waals surface area contributed by atoms with E-state index in [0.29, 0.717) is 13.0 Å². The van der Waals surface area contributed by atoms with Crippen LogP contribution in [0.3, 0.4) is 0 Å². The Balaban J connectivity index is 1.64. The van der Waals surface area contributed by atoms with Crippen molar-refractivity contribution in [3.63, 3.8) is 0 Å². The van der Waals surface area contributed by atoms with Crippen molar-refractivity contribution in [3.05, 3.63) is 59.1 Å². The summed E-state index contributed by atoms with van der Waals surface area (Å²) in [5, 5.41) is 12.7. The number of hydrogen-bond donors (Lipinski definition) is 2. The summed E-state index contributed by atoms with van der Waals surface area (Å²) >= 11 is 5.83. The minimum atomic E-state index is -0.779. The average Bonchev–Trinajstić information content (AvgIpc) is 2.55. The molecule has 0 aromatic heterocycles. The van der Waals surface area contributed by atoms with Gasteiger partial charge in [0.05, 0.1) is 6.61 Å². The second-order valence-electron chi connectivity index (χ2n) is 5.17. The summed E-state index contributed by atoms with van der Waals surface area (Å²) in [4.78, 5) is 10.5. The van der Waals surface area contributed by atoms with Gasteiger partial charge in [-0.15, -0.1) is 0 Å². The Bertz CT molecular complexity index is 611. The predicted molar refractivity (Wildman–Crippen MR) is 92.5 cm³/mol. The summed E-state index contributed by atoms with van der Waals surface area (Å²) in [6.45, 7) is 1.44. The van der Waals surface area contributed by atoms with Gasteiger partial charge in [-0.2, -0.15) is 0 Å². The number of rotatable bonds is 9. The lowest BCUT2D eigenvalue weighted by atomic mass is 10.1. The Morgan fingerprint density at radius 1 is 1.09 bits per heavy atom. The number of hydrogen-bond acceptors (Lipinski definition) is 3. The summed E-state index contributed by atoms with van der Waals surface area (Å²) in [6, 6.07) is 15.2. The number of benzene rings is 2. The van der Waals surface area contributed by atoms with Gasteiger partial charge in [-0.25, -0.2) is 0 Å². The highest BCUT2D eigenvalue weighted by molar-refractivity contribution is 6.30. The number of anilines is 1. The topological polar surface area (TPSA) is 58.6 Å². The molecule has 4 nitrogen and oxygen atoms in total. The molecule has 2 aromatic carbocycles. The minimum absolute atomic E-state index is 0.149. The van der Waals surface area contributed by atoms with Crippen LogP contribution in [0, 0.1) is 0 Å². The van der Waals surface area contributed by atoms with Gasteiger partial charge in [0.2, 0.25) is 0 Å². The van der Waals surface area contributed by atoms with E-state index in [1.54, 1.807) is 0 Å². The molecule has 0 unspecified atom stereocenters. The zero-order chi connectivity index (χ0) is 16.5. The molecule has 0 aliphatic rings. The molecule has 0 saturated carbocycles. The number of nitrogens with one attached hydrogen (secondary N) is 1. The first-order chi connectivity index (χ1) is 11.1. The smallest absolute Gasteiger partial charge is 0.303 e. The summed E-state index contributed by atoms with van der Waals surface area (Å²) in [5.74, 6) is 0.0223. The quantitative estimate of drug-likeness (QED) is 0.674. The molecule has 5 heteroatoms. The Hall–Kier alpha value is -2.20. The van der Waals surface area contributed by atoms with E-state index >= 15 is 0 Å². The van der Waals surface area contributed by atoms with Gasteiger partial charge in [0, 0.05) is 23.7 Å². The van der Waals surface area contributed by atoms with Crippen LogP contribution in [-0.4, -0.2) is 24.2 Å². The highest BCUT2D eigenvalue weighted by Gasteiger charge is 2.00. The Morgan fingerprint density at radius 2 is 1.78 bits per heavy atom. The van der Waals surface area contributed by atoms with Crippen LogP contribution < -0.4 is 10.1 Å². The fraction of sp³-hybridized carbons (Fsp3) is 0.278. The van der Waals surface area contributed by atoms with Crippen LogP contribution in [0.1, 0.15) is 18.4 Å². The van der Waals surface area contributed by atoms with Gasteiger partial charge in [0.15, 0.2) is 0 Å². The van der Waals surface area contributed by atoms with Gasteiger partial charge in [-0.1, -0.05) is 23.7 Å². The molecule has 23 heavy (non-hydrogen) atoms. The van der Waals surface area contributed by atoms with Gasteiger partial charge in [-0.3, -0.25) is 4.79 Å². The maximum Gasteiger partial charge on any atom is 0.303 e. The van der Waals surface area contributed by atoms with E-state index in [1.807, 2.05) is 48.5 Å². The molecule has 0 saturated heterocycles. The molecule has 0 spiro atoms. The predicted octanol–water partition coefficient (Wildman–Crippen LogP) is 4.24. The summed E-state index contributed by atoms with van der Waals surface area (Å²) in [7, 11) is 0. The van der Waals surface area contributed by atoms with E-state index in [1.165, 1.54) is 0 Å². The van der Waals surface area contributed by atoms with E-state index in [-0.39, 0.29) is 6.42 Å². The minimum Gasteiger partial charge on any atom is -0.494 e. The Morgan fingerprint density at radius 3 is 2.43 bits per heavy atom. The van der Waals surface area contributed by atoms with E-state index < -0.39 is 5.97 Å². The SMILES string of the molecule is O=C(O)CCc1ccc(OCCCNc2ccc(Cl)cc2)cc1. The Labute approximate surface area is 141 Å². The molecule has 0 bridgehead atoms. The molecule has 0 radical (unpaired) electrons. The molecule has 0 amide bonds. The number of carboxylic acid groups (broad SMARTS) is 1. The van der Waals surface area contributed by atoms with E-state index in [0.717, 1.165) is 35.0 Å².